The van der Waals surface area contributed by atoms with Crippen molar-refractivity contribution in [3.63, 3.8) is 0 Å². The summed E-state index contributed by atoms with van der Waals surface area (Å²) in [5.41, 5.74) is 5.54. The lowest BCUT2D eigenvalue weighted by atomic mass is 9.88. The Morgan fingerprint density at radius 2 is 1.93 bits per heavy atom. The van der Waals surface area contributed by atoms with Crippen LogP contribution >= 0.6 is 0 Å². The van der Waals surface area contributed by atoms with E-state index in [0.717, 1.165) is 12.8 Å². The fourth-order valence-corrected chi connectivity index (χ4v) is 2.03. The Bertz CT molecular complexity index is 208. The predicted octanol–water partition coefficient (Wildman–Crippen LogP) is 1.81. The Morgan fingerprint density at radius 3 is 2.47 bits per heavy atom. The van der Waals surface area contributed by atoms with Crippen molar-refractivity contribution in [3.8, 4) is 0 Å². The lowest BCUT2D eigenvalue weighted by molar-refractivity contribution is -0.123. The van der Waals surface area contributed by atoms with Crippen molar-refractivity contribution in [1.82, 2.24) is 5.32 Å². The maximum atomic E-state index is 11.7. The van der Waals surface area contributed by atoms with Gasteiger partial charge in [0.2, 0.25) is 5.91 Å². The van der Waals surface area contributed by atoms with Crippen LogP contribution in [0.4, 0.5) is 0 Å². The number of nitrogens with one attached hydrogen (secondary N) is 1. The molecule has 1 fully saturated rings. The van der Waals surface area contributed by atoms with Gasteiger partial charge < -0.3 is 11.1 Å². The zero-order valence-corrected chi connectivity index (χ0v) is 10.0. The summed E-state index contributed by atoms with van der Waals surface area (Å²) in [5.74, 6) is 0.164. The van der Waals surface area contributed by atoms with Crippen LogP contribution in [-0.4, -0.2) is 18.5 Å². The number of nitrogens with two attached hydrogens (primary N) is 1. The van der Waals surface area contributed by atoms with Gasteiger partial charge in [0.1, 0.15) is 0 Å². The Morgan fingerprint density at radius 1 is 1.33 bits per heavy atom. The second-order valence-corrected chi connectivity index (χ2v) is 5.45. The molecule has 0 saturated heterocycles. The van der Waals surface area contributed by atoms with Crippen molar-refractivity contribution >= 4 is 5.91 Å². The summed E-state index contributed by atoms with van der Waals surface area (Å²) in [4.78, 5) is 11.7. The predicted molar refractivity (Wildman–Crippen MR) is 62.5 cm³/mol. The lowest BCUT2D eigenvalue weighted by Crippen LogP contribution is -2.39. The Hall–Kier alpha value is -0.570. The first-order valence-corrected chi connectivity index (χ1v) is 6.03. The summed E-state index contributed by atoms with van der Waals surface area (Å²) < 4.78 is 0. The van der Waals surface area contributed by atoms with Gasteiger partial charge in [0, 0.05) is 12.5 Å². The van der Waals surface area contributed by atoms with E-state index in [1.54, 1.807) is 0 Å². The molecule has 0 bridgehead atoms. The largest absolute Gasteiger partial charge is 0.353 e. The Balaban J connectivity index is 2.28. The second-order valence-electron chi connectivity index (χ2n) is 5.45. The van der Waals surface area contributed by atoms with E-state index in [2.05, 4.69) is 5.32 Å². The molecule has 0 radical (unpaired) electrons. The van der Waals surface area contributed by atoms with Gasteiger partial charge in [0.05, 0.1) is 0 Å². The molecule has 15 heavy (non-hydrogen) atoms. The molecule has 0 aromatic heterocycles. The fourth-order valence-electron chi connectivity index (χ4n) is 2.03. The molecule has 0 aromatic carbocycles. The second kappa shape index (κ2) is 5.50. The van der Waals surface area contributed by atoms with E-state index in [4.69, 9.17) is 5.73 Å². The number of hydrogen-bond acceptors (Lipinski definition) is 2. The van der Waals surface area contributed by atoms with Gasteiger partial charge in [-0.2, -0.15) is 0 Å². The average molecular weight is 212 g/mol. The molecule has 1 aliphatic carbocycles. The SMILES string of the molecule is CC(C)(CN)CC(=O)NC1CCCCC1. The van der Waals surface area contributed by atoms with Gasteiger partial charge in [0.25, 0.3) is 0 Å². The minimum Gasteiger partial charge on any atom is -0.353 e. The van der Waals surface area contributed by atoms with Crippen LogP contribution in [0.5, 0.6) is 0 Å². The van der Waals surface area contributed by atoms with E-state index in [-0.39, 0.29) is 11.3 Å². The molecule has 3 N–H and O–H groups in total. The third-order valence-corrected chi connectivity index (χ3v) is 3.16. The number of rotatable bonds is 4. The van der Waals surface area contributed by atoms with Crippen LogP contribution in [0.2, 0.25) is 0 Å². The molecule has 1 amide bonds. The van der Waals surface area contributed by atoms with Gasteiger partial charge in [-0.3, -0.25) is 4.79 Å². The van der Waals surface area contributed by atoms with Gasteiger partial charge in [-0.25, -0.2) is 0 Å². The molecule has 0 unspecified atom stereocenters. The summed E-state index contributed by atoms with van der Waals surface area (Å²) in [6, 6.07) is 0.417. The molecule has 3 heteroatoms. The number of hydrogen-bond donors (Lipinski definition) is 2. The lowest BCUT2D eigenvalue weighted by Gasteiger charge is -2.26. The van der Waals surface area contributed by atoms with Crippen LogP contribution in [0.1, 0.15) is 52.4 Å². The van der Waals surface area contributed by atoms with Crippen LogP contribution in [0.15, 0.2) is 0 Å². The van der Waals surface area contributed by atoms with Crippen molar-refractivity contribution < 1.29 is 4.79 Å². The van der Waals surface area contributed by atoms with Crippen LogP contribution in [-0.2, 0) is 4.79 Å². The molecule has 0 spiro atoms. The summed E-state index contributed by atoms with van der Waals surface area (Å²) in [6.45, 7) is 4.63. The molecule has 1 rings (SSSR count). The normalized spacial score (nSPS) is 18.9. The minimum absolute atomic E-state index is 0.0707. The van der Waals surface area contributed by atoms with Gasteiger partial charge >= 0.3 is 0 Å². The van der Waals surface area contributed by atoms with Gasteiger partial charge in [-0.1, -0.05) is 33.1 Å². The molecule has 0 atom stereocenters. The standard InChI is InChI=1S/C12H24N2O/c1-12(2,9-13)8-11(15)14-10-6-4-3-5-7-10/h10H,3-9,13H2,1-2H3,(H,14,15). The highest BCUT2D eigenvalue weighted by molar-refractivity contribution is 5.76. The van der Waals surface area contributed by atoms with E-state index in [1.807, 2.05) is 13.8 Å². The van der Waals surface area contributed by atoms with Gasteiger partial charge in [-0.05, 0) is 24.8 Å². The molecule has 1 saturated carbocycles. The monoisotopic (exact) mass is 212 g/mol. The van der Waals surface area contributed by atoms with Crippen molar-refractivity contribution in [3.05, 3.63) is 0 Å². The first-order valence-electron chi connectivity index (χ1n) is 6.03. The van der Waals surface area contributed by atoms with Crippen LogP contribution in [0.3, 0.4) is 0 Å². The number of carbonyl (C=O) groups is 1. The van der Waals surface area contributed by atoms with Gasteiger partial charge in [-0.15, -0.1) is 0 Å². The third kappa shape index (κ3) is 4.65. The Kier molecular flexibility index (Phi) is 4.58. The highest BCUT2D eigenvalue weighted by Gasteiger charge is 2.22. The molecule has 3 nitrogen and oxygen atoms in total. The third-order valence-electron chi connectivity index (χ3n) is 3.16. The smallest absolute Gasteiger partial charge is 0.220 e. The van der Waals surface area contributed by atoms with E-state index >= 15 is 0 Å². The first kappa shape index (κ1) is 12.5. The highest BCUT2D eigenvalue weighted by Crippen LogP contribution is 2.20. The molecule has 0 aliphatic heterocycles. The topological polar surface area (TPSA) is 55.1 Å². The molecule has 88 valence electrons. The zero-order valence-electron chi connectivity index (χ0n) is 10.0. The summed E-state index contributed by atoms with van der Waals surface area (Å²) >= 11 is 0. The van der Waals surface area contributed by atoms with Crippen LogP contribution < -0.4 is 11.1 Å². The van der Waals surface area contributed by atoms with Crippen molar-refractivity contribution in [1.29, 1.82) is 0 Å². The number of amides is 1. The van der Waals surface area contributed by atoms with Crippen molar-refractivity contribution in [2.45, 2.75) is 58.4 Å². The van der Waals surface area contributed by atoms with Crippen LogP contribution in [0.25, 0.3) is 0 Å². The van der Waals surface area contributed by atoms with E-state index < -0.39 is 0 Å². The van der Waals surface area contributed by atoms with Crippen molar-refractivity contribution in [2.24, 2.45) is 11.1 Å². The van der Waals surface area contributed by atoms with Crippen LogP contribution in [0, 0.1) is 5.41 Å². The molecule has 0 heterocycles. The quantitative estimate of drug-likeness (QED) is 0.746. The number of carbonyl (C=O) groups excluding carboxylic acids is 1. The van der Waals surface area contributed by atoms with Gasteiger partial charge in [0.15, 0.2) is 0 Å². The zero-order chi connectivity index (χ0) is 11.3. The summed E-state index contributed by atoms with van der Waals surface area (Å²) in [5, 5.41) is 3.11. The molecular weight excluding hydrogens is 188 g/mol. The summed E-state index contributed by atoms with van der Waals surface area (Å²) in [7, 11) is 0. The highest BCUT2D eigenvalue weighted by atomic mass is 16.1. The fraction of sp³-hybridized carbons (Fsp3) is 0.917. The average Bonchev–Trinajstić information content (AvgIpc) is 2.18. The van der Waals surface area contributed by atoms with Crippen molar-refractivity contribution in [2.75, 3.05) is 6.54 Å². The van der Waals surface area contributed by atoms with E-state index in [0.29, 0.717) is 19.0 Å². The first-order chi connectivity index (χ1) is 7.03. The van der Waals surface area contributed by atoms with E-state index in [9.17, 15) is 4.79 Å². The van der Waals surface area contributed by atoms with E-state index in [1.165, 1.54) is 19.3 Å². The summed E-state index contributed by atoms with van der Waals surface area (Å²) in [6.07, 6.45) is 6.67. The minimum atomic E-state index is -0.0707. The molecular formula is C12H24N2O. The Labute approximate surface area is 92.8 Å². The maximum Gasteiger partial charge on any atom is 0.220 e. The molecule has 1 aliphatic rings. The molecule has 0 aromatic rings. The maximum absolute atomic E-state index is 11.7.